The van der Waals surface area contributed by atoms with E-state index in [1.807, 2.05) is 6.92 Å². The third-order valence-electron chi connectivity index (χ3n) is 4.64. The number of carbonyl (C=O) groups excluding carboxylic acids is 2. The van der Waals surface area contributed by atoms with Crippen LogP contribution >= 0.6 is 0 Å². The highest BCUT2D eigenvalue weighted by atomic mass is 32.2. The van der Waals surface area contributed by atoms with Gasteiger partial charge in [-0.3, -0.25) is 9.10 Å². The molecule has 0 radical (unpaired) electrons. The van der Waals surface area contributed by atoms with Gasteiger partial charge in [-0.2, -0.15) is 0 Å². The summed E-state index contributed by atoms with van der Waals surface area (Å²) in [5, 5.41) is 2.64. The van der Waals surface area contributed by atoms with Gasteiger partial charge in [0.15, 0.2) is 0 Å². The Hall–Kier alpha value is -3.65. The first kappa shape index (κ1) is 23.0. The Morgan fingerprint density at radius 2 is 1.53 bits per heavy atom. The van der Waals surface area contributed by atoms with Gasteiger partial charge in [-0.05, 0) is 50.2 Å². The first-order valence-corrected chi connectivity index (χ1v) is 11.5. The zero-order chi connectivity index (χ0) is 23.1. The molecule has 7 nitrogen and oxygen atoms in total. The summed E-state index contributed by atoms with van der Waals surface area (Å²) in [6, 6.07) is 21.2. The van der Waals surface area contributed by atoms with Crippen molar-refractivity contribution in [3.05, 3.63) is 90.0 Å². The van der Waals surface area contributed by atoms with Crippen molar-refractivity contribution in [1.82, 2.24) is 0 Å². The van der Waals surface area contributed by atoms with Gasteiger partial charge in [0.1, 0.15) is 6.54 Å². The van der Waals surface area contributed by atoms with Crippen molar-refractivity contribution in [2.24, 2.45) is 0 Å². The second-order valence-corrected chi connectivity index (χ2v) is 8.84. The van der Waals surface area contributed by atoms with Gasteiger partial charge in [-0.25, -0.2) is 13.2 Å². The lowest BCUT2D eigenvalue weighted by Crippen LogP contribution is -2.38. The number of hydrogen-bond donors (Lipinski definition) is 1. The maximum Gasteiger partial charge on any atom is 0.340 e. The van der Waals surface area contributed by atoms with E-state index in [1.165, 1.54) is 18.2 Å². The molecule has 3 aromatic rings. The zero-order valence-corrected chi connectivity index (χ0v) is 18.6. The third-order valence-corrected chi connectivity index (χ3v) is 6.42. The van der Waals surface area contributed by atoms with Crippen molar-refractivity contribution in [2.45, 2.75) is 18.7 Å². The summed E-state index contributed by atoms with van der Waals surface area (Å²) in [7, 11) is -4.01. The van der Waals surface area contributed by atoms with Gasteiger partial charge in [0.2, 0.25) is 5.91 Å². The van der Waals surface area contributed by atoms with Crippen LogP contribution in [0.5, 0.6) is 0 Å². The fourth-order valence-corrected chi connectivity index (χ4v) is 4.47. The van der Waals surface area contributed by atoms with E-state index < -0.39 is 28.4 Å². The maximum atomic E-state index is 13.4. The quantitative estimate of drug-likeness (QED) is 0.522. The number of para-hydroxylation sites is 2. The Balaban J connectivity index is 1.91. The second kappa shape index (κ2) is 10.1. The highest BCUT2D eigenvalue weighted by Crippen LogP contribution is 2.24. The molecule has 32 heavy (non-hydrogen) atoms. The average molecular weight is 453 g/mol. The summed E-state index contributed by atoms with van der Waals surface area (Å²) in [6.45, 7) is 3.27. The molecule has 3 rings (SSSR count). The smallest absolute Gasteiger partial charge is 0.340 e. The summed E-state index contributed by atoms with van der Waals surface area (Å²) in [4.78, 5) is 25.1. The number of nitrogens with one attached hydrogen (secondary N) is 1. The second-order valence-electron chi connectivity index (χ2n) is 6.97. The van der Waals surface area contributed by atoms with E-state index >= 15 is 0 Å². The first-order valence-electron chi connectivity index (χ1n) is 10.0. The molecule has 0 aromatic heterocycles. The molecule has 1 amide bonds. The molecule has 0 unspecified atom stereocenters. The molecule has 166 valence electrons. The zero-order valence-electron chi connectivity index (χ0n) is 17.8. The largest absolute Gasteiger partial charge is 0.462 e. The molecule has 0 aliphatic carbocycles. The van der Waals surface area contributed by atoms with E-state index in [0.29, 0.717) is 5.69 Å². The molecule has 0 heterocycles. The van der Waals surface area contributed by atoms with Gasteiger partial charge in [-0.1, -0.05) is 48.0 Å². The minimum absolute atomic E-state index is 0.0756. The Bertz CT molecular complexity index is 1190. The number of esters is 1. The predicted molar refractivity (Wildman–Crippen MR) is 123 cm³/mol. The fourth-order valence-electron chi connectivity index (χ4n) is 3.05. The molecule has 0 fully saturated rings. The lowest BCUT2D eigenvalue weighted by Gasteiger charge is -2.24. The third kappa shape index (κ3) is 5.33. The number of carbonyl (C=O) groups is 2. The summed E-state index contributed by atoms with van der Waals surface area (Å²) in [6.07, 6.45) is 0. The normalized spacial score (nSPS) is 10.9. The molecular weight excluding hydrogens is 428 g/mol. The fraction of sp³-hybridized carbons (Fsp3) is 0.167. The van der Waals surface area contributed by atoms with Crippen LogP contribution in [0.15, 0.2) is 83.8 Å². The van der Waals surface area contributed by atoms with Gasteiger partial charge in [0.05, 0.1) is 28.4 Å². The Morgan fingerprint density at radius 1 is 0.906 bits per heavy atom. The Labute approximate surface area is 187 Å². The highest BCUT2D eigenvalue weighted by molar-refractivity contribution is 7.92. The van der Waals surface area contributed by atoms with Crippen LogP contribution in [0.2, 0.25) is 0 Å². The molecule has 8 heteroatoms. The summed E-state index contributed by atoms with van der Waals surface area (Å²) >= 11 is 0. The highest BCUT2D eigenvalue weighted by Gasteiger charge is 2.27. The molecule has 3 aromatic carbocycles. The van der Waals surface area contributed by atoms with Gasteiger partial charge in [-0.15, -0.1) is 0 Å². The van der Waals surface area contributed by atoms with Crippen LogP contribution in [-0.2, 0) is 19.6 Å². The SMILES string of the molecule is CCOC(=O)c1ccccc1NC(=O)CN(c1ccccc1)S(=O)(=O)c1ccc(C)cc1. The molecule has 0 saturated heterocycles. The van der Waals surface area contributed by atoms with E-state index in [9.17, 15) is 18.0 Å². The average Bonchev–Trinajstić information content (AvgIpc) is 2.79. The van der Waals surface area contributed by atoms with Gasteiger partial charge in [0, 0.05) is 0 Å². The number of anilines is 2. The molecule has 0 spiro atoms. The van der Waals surface area contributed by atoms with Gasteiger partial charge in [0.25, 0.3) is 10.0 Å². The van der Waals surface area contributed by atoms with Crippen molar-refractivity contribution in [1.29, 1.82) is 0 Å². The van der Waals surface area contributed by atoms with Gasteiger partial charge >= 0.3 is 5.97 Å². The predicted octanol–water partition coefficient (Wildman–Crippen LogP) is 4.01. The van der Waals surface area contributed by atoms with Crippen molar-refractivity contribution in [3.8, 4) is 0 Å². The Morgan fingerprint density at radius 3 is 2.19 bits per heavy atom. The molecule has 0 atom stereocenters. The Kier molecular flexibility index (Phi) is 7.27. The number of sulfonamides is 1. The molecular formula is C24H24N2O5S. The number of aryl methyl sites for hydroxylation is 1. The van der Waals surface area contributed by atoms with E-state index in [1.54, 1.807) is 67.6 Å². The monoisotopic (exact) mass is 452 g/mol. The van der Waals surface area contributed by atoms with Crippen LogP contribution in [0.3, 0.4) is 0 Å². The van der Waals surface area contributed by atoms with Crippen LogP contribution in [0.1, 0.15) is 22.8 Å². The van der Waals surface area contributed by atoms with Crippen molar-refractivity contribution >= 4 is 33.3 Å². The van der Waals surface area contributed by atoms with Crippen molar-refractivity contribution in [2.75, 3.05) is 22.8 Å². The van der Waals surface area contributed by atoms with E-state index in [2.05, 4.69) is 5.32 Å². The number of hydrogen-bond acceptors (Lipinski definition) is 5. The van der Waals surface area contributed by atoms with Crippen molar-refractivity contribution in [3.63, 3.8) is 0 Å². The standard InChI is InChI=1S/C24H24N2O5S/c1-3-31-24(28)21-11-7-8-12-22(21)25-23(27)17-26(19-9-5-4-6-10-19)32(29,30)20-15-13-18(2)14-16-20/h4-16H,3,17H2,1-2H3,(H,25,27). The van der Waals surface area contributed by atoms with E-state index in [4.69, 9.17) is 4.74 Å². The number of benzene rings is 3. The van der Waals surface area contributed by atoms with Crippen LogP contribution in [-0.4, -0.2) is 33.4 Å². The molecule has 0 saturated carbocycles. The lowest BCUT2D eigenvalue weighted by molar-refractivity contribution is -0.114. The van der Waals surface area contributed by atoms with Crippen LogP contribution in [0, 0.1) is 6.92 Å². The topological polar surface area (TPSA) is 92.8 Å². The molecule has 0 bridgehead atoms. The summed E-state index contributed by atoms with van der Waals surface area (Å²) in [5.74, 6) is -1.17. The van der Waals surface area contributed by atoms with Gasteiger partial charge < -0.3 is 10.1 Å². The van der Waals surface area contributed by atoms with Crippen LogP contribution in [0.25, 0.3) is 0 Å². The minimum atomic E-state index is -4.01. The van der Waals surface area contributed by atoms with Crippen LogP contribution in [0.4, 0.5) is 11.4 Å². The summed E-state index contributed by atoms with van der Waals surface area (Å²) < 4.78 is 32.8. The summed E-state index contributed by atoms with van der Waals surface area (Å²) in [5.41, 5.74) is 1.71. The van der Waals surface area contributed by atoms with Crippen LogP contribution < -0.4 is 9.62 Å². The molecule has 1 N–H and O–H groups in total. The van der Waals surface area contributed by atoms with E-state index in [-0.39, 0.29) is 22.8 Å². The number of ether oxygens (including phenoxy) is 1. The minimum Gasteiger partial charge on any atom is -0.462 e. The first-order chi connectivity index (χ1) is 15.3. The molecule has 0 aliphatic rings. The molecule has 0 aliphatic heterocycles. The number of nitrogens with zero attached hydrogens (tertiary/aromatic N) is 1. The van der Waals surface area contributed by atoms with Crippen molar-refractivity contribution < 1.29 is 22.7 Å². The van der Waals surface area contributed by atoms with E-state index in [0.717, 1.165) is 9.87 Å². The lowest BCUT2D eigenvalue weighted by atomic mass is 10.2. The number of rotatable bonds is 8. The number of amides is 1. The maximum absolute atomic E-state index is 13.4.